The molecule has 32 heavy (non-hydrogen) atoms. The summed E-state index contributed by atoms with van der Waals surface area (Å²) in [7, 11) is 0. The highest BCUT2D eigenvalue weighted by Gasteiger charge is 2.25. The van der Waals surface area contributed by atoms with Crippen LogP contribution >= 0.6 is 0 Å². The van der Waals surface area contributed by atoms with E-state index >= 15 is 0 Å². The maximum absolute atomic E-state index is 13.0. The summed E-state index contributed by atoms with van der Waals surface area (Å²) in [5.74, 6) is 0.358. The minimum atomic E-state index is -0.861. The van der Waals surface area contributed by atoms with Crippen LogP contribution in [0.15, 0.2) is 89.3 Å². The molecule has 0 saturated carbocycles. The molecule has 4 aromatic rings. The van der Waals surface area contributed by atoms with E-state index in [0.29, 0.717) is 17.0 Å². The summed E-state index contributed by atoms with van der Waals surface area (Å²) in [5.41, 5.74) is 3.10. The third kappa shape index (κ3) is 4.64. The second kappa shape index (κ2) is 9.39. The molecular weight excluding hydrogens is 402 g/mol. The molecule has 1 heterocycles. The molecule has 3 amide bonds. The standard InChI is InChI=1S/C26H25N3O3/c1-17-21-15-9-10-16-22(21)32-24(17)18(2)27-26(31)29-23(19-11-5-3-6-12-19)25(30)28-20-13-7-4-8-14-20/h3-16,18,23H,1-2H3,(H,28,30)(H2,27,29,31)/t18-,23+/m1/s1. The first-order chi connectivity index (χ1) is 15.5. The number of benzene rings is 3. The maximum Gasteiger partial charge on any atom is 0.316 e. The molecule has 6 nitrogen and oxygen atoms in total. The van der Waals surface area contributed by atoms with Crippen LogP contribution in [0.1, 0.15) is 35.9 Å². The van der Waals surface area contributed by atoms with Gasteiger partial charge in [0.25, 0.3) is 5.91 Å². The number of nitrogens with one attached hydrogen (secondary N) is 3. The maximum atomic E-state index is 13.0. The largest absolute Gasteiger partial charge is 0.459 e. The fourth-order valence-corrected chi connectivity index (χ4v) is 3.72. The number of fused-ring (bicyclic) bond motifs is 1. The molecular formula is C26H25N3O3. The number of rotatable bonds is 6. The molecule has 0 bridgehead atoms. The first-order valence-electron chi connectivity index (χ1n) is 10.5. The number of amides is 3. The van der Waals surface area contributed by atoms with Gasteiger partial charge in [-0.25, -0.2) is 4.79 Å². The van der Waals surface area contributed by atoms with Gasteiger partial charge in [0.2, 0.25) is 0 Å². The molecule has 162 valence electrons. The molecule has 3 aromatic carbocycles. The van der Waals surface area contributed by atoms with Crippen LogP contribution in [0.3, 0.4) is 0 Å². The molecule has 0 fully saturated rings. The zero-order valence-corrected chi connectivity index (χ0v) is 18.0. The van der Waals surface area contributed by atoms with Gasteiger partial charge in [-0.3, -0.25) is 4.79 Å². The Balaban J connectivity index is 1.50. The van der Waals surface area contributed by atoms with Crippen LogP contribution in [0.4, 0.5) is 10.5 Å². The summed E-state index contributed by atoms with van der Waals surface area (Å²) in [4.78, 5) is 25.9. The predicted octanol–water partition coefficient (Wildman–Crippen LogP) is 5.48. The summed E-state index contributed by atoms with van der Waals surface area (Å²) in [6.45, 7) is 3.82. The molecule has 0 saturated heterocycles. The topological polar surface area (TPSA) is 83.4 Å². The molecule has 0 aliphatic heterocycles. The average Bonchev–Trinajstić information content (AvgIpc) is 3.15. The second-order valence-corrected chi connectivity index (χ2v) is 7.63. The van der Waals surface area contributed by atoms with Crippen molar-refractivity contribution >= 4 is 28.6 Å². The number of urea groups is 1. The summed E-state index contributed by atoms with van der Waals surface area (Å²) >= 11 is 0. The third-order valence-electron chi connectivity index (χ3n) is 5.33. The van der Waals surface area contributed by atoms with Crippen LogP contribution in [0, 0.1) is 6.92 Å². The van der Waals surface area contributed by atoms with E-state index in [4.69, 9.17) is 4.42 Å². The SMILES string of the molecule is Cc1c([C@@H](C)NC(=O)N[C@H](C(=O)Nc2ccccc2)c2ccccc2)oc2ccccc12. The summed E-state index contributed by atoms with van der Waals surface area (Å²) < 4.78 is 5.96. The van der Waals surface area contributed by atoms with Gasteiger partial charge in [0.1, 0.15) is 17.4 Å². The quantitative estimate of drug-likeness (QED) is 0.381. The van der Waals surface area contributed by atoms with Crippen molar-refractivity contribution in [1.29, 1.82) is 0 Å². The normalized spacial score (nSPS) is 12.7. The molecule has 0 radical (unpaired) electrons. The average molecular weight is 428 g/mol. The minimum Gasteiger partial charge on any atom is -0.459 e. The Labute approximate surface area is 186 Å². The van der Waals surface area contributed by atoms with Crippen LogP contribution in [-0.2, 0) is 4.79 Å². The summed E-state index contributed by atoms with van der Waals surface area (Å²) in [6.07, 6.45) is 0. The van der Waals surface area contributed by atoms with Crippen molar-refractivity contribution in [2.75, 3.05) is 5.32 Å². The smallest absolute Gasteiger partial charge is 0.316 e. The highest BCUT2D eigenvalue weighted by molar-refractivity contribution is 5.97. The van der Waals surface area contributed by atoms with Gasteiger partial charge < -0.3 is 20.4 Å². The molecule has 6 heteroatoms. The fourth-order valence-electron chi connectivity index (χ4n) is 3.72. The van der Waals surface area contributed by atoms with E-state index in [9.17, 15) is 9.59 Å². The van der Waals surface area contributed by atoms with Gasteiger partial charge >= 0.3 is 6.03 Å². The van der Waals surface area contributed by atoms with Crippen molar-refractivity contribution in [1.82, 2.24) is 10.6 Å². The lowest BCUT2D eigenvalue weighted by Gasteiger charge is -2.21. The second-order valence-electron chi connectivity index (χ2n) is 7.63. The minimum absolute atomic E-state index is 0.329. The first kappa shape index (κ1) is 21.2. The molecule has 3 N–H and O–H groups in total. The van der Waals surface area contributed by atoms with E-state index in [-0.39, 0.29) is 11.9 Å². The molecule has 0 spiro atoms. The Morgan fingerprint density at radius 2 is 1.44 bits per heavy atom. The summed E-state index contributed by atoms with van der Waals surface area (Å²) in [6, 6.07) is 24.3. The van der Waals surface area contributed by atoms with Crippen molar-refractivity contribution in [2.24, 2.45) is 0 Å². The number of carbonyl (C=O) groups is 2. The van der Waals surface area contributed by atoms with E-state index in [1.807, 2.05) is 86.6 Å². The van der Waals surface area contributed by atoms with Gasteiger partial charge in [0.15, 0.2) is 0 Å². The molecule has 1 aromatic heterocycles. The lowest BCUT2D eigenvalue weighted by atomic mass is 10.1. The summed E-state index contributed by atoms with van der Waals surface area (Å²) in [5, 5.41) is 9.57. The lowest BCUT2D eigenvalue weighted by molar-refractivity contribution is -0.118. The number of para-hydroxylation sites is 2. The van der Waals surface area contributed by atoms with Crippen molar-refractivity contribution in [2.45, 2.75) is 25.9 Å². The van der Waals surface area contributed by atoms with Gasteiger partial charge in [-0.2, -0.15) is 0 Å². The van der Waals surface area contributed by atoms with Crippen LogP contribution in [0.25, 0.3) is 11.0 Å². The van der Waals surface area contributed by atoms with E-state index in [1.165, 1.54) is 0 Å². The van der Waals surface area contributed by atoms with Crippen molar-refractivity contribution < 1.29 is 14.0 Å². The van der Waals surface area contributed by atoms with E-state index in [2.05, 4.69) is 16.0 Å². The number of anilines is 1. The van der Waals surface area contributed by atoms with Crippen molar-refractivity contribution in [3.8, 4) is 0 Å². The first-order valence-corrected chi connectivity index (χ1v) is 10.5. The van der Waals surface area contributed by atoms with Gasteiger partial charge in [0.05, 0.1) is 6.04 Å². The monoisotopic (exact) mass is 427 g/mol. The number of furan rings is 1. The van der Waals surface area contributed by atoms with E-state index < -0.39 is 12.1 Å². The highest BCUT2D eigenvalue weighted by atomic mass is 16.3. The molecule has 0 unspecified atom stereocenters. The van der Waals surface area contributed by atoms with Gasteiger partial charge in [-0.15, -0.1) is 0 Å². The van der Waals surface area contributed by atoms with Crippen molar-refractivity contribution in [3.05, 3.63) is 102 Å². The highest BCUT2D eigenvalue weighted by Crippen LogP contribution is 2.29. The number of hydrogen-bond donors (Lipinski definition) is 3. The van der Waals surface area contributed by atoms with E-state index in [1.54, 1.807) is 12.1 Å². The Morgan fingerprint density at radius 3 is 2.12 bits per heavy atom. The van der Waals surface area contributed by atoms with Crippen LogP contribution in [-0.4, -0.2) is 11.9 Å². The van der Waals surface area contributed by atoms with Crippen molar-refractivity contribution in [3.63, 3.8) is 0 Å². The number of carbonyl (C=O) groups excluding carboxylic acids is 2. The zero-order chi connectivity index (χ0) is 22.5. The lowest BCUT2D eigenvalue weighted by Crippen LogP contribution is -2.43. The molecule has 0 aliphatic carbocycles. The van der Waals surface area contributed by atoms with Gasteiger partial charge in [0, 0.05) is 16.6 Å². The predicted molar refractivity (Wildman–Crippen MR) is 125 cm³/mol. The van der Waals surface area contributed by atoms with E-state index in [0.717, 1.165) is 16.5 Å². The molecule has 4 rings (SSSR count). The fraction of sp³-hybridized carbons (Fsp3) is 0.154. The Morgan fingerprint density at radius 1 is 0.812 bits per heavy atom. The Bertz CT molecular complexity index is 1220. The van der Waals surface area contributed by atoms with Crippen LogP contribution in [0.2, 0.25) is 0 Å². The Kier molecular flexibility index (Phi) is 6.22. The Hall–Kier alpha value is -4.06. The van der Waals surface area contributed by atoms with Gasteiger partial charge in [-0.1, -0.05) is 66.7 Å². The van der Waals surface area contributed by atoms with Gasteiger partial charge in [-0.05, 0) is 37.6 Å². The number of hydrogen-bond acceptors (Lipinski definition) is 3. The molecule has 0 aliphatic rings. The molecule has 2 atom stereocenters. The number of aryl methyl sites for hydroxylation is 1. The van der Waals surface area contributed by atoms with Crippen LogP contribution < -0.4 is 16.0 Å². The third-order valence-corrected chi connectivity index (χ3v) is 5.33. The van der Waals surface area contributed by atoms with Crippen LogP contribution in [0.5, 0.6) is 0 Å². The zero-order valence-electron chi connectivity index (χ0n) is 18.0.